The van der Waals surface area contributed by atoms with Gasteiger partial charge in [-0.3, -0.25) is 9.78 Å². The molecule has 1 aromatic carbocycles. The van der Waals surface area contributed by atoms with Crippen LogP contribution in [0.2, 0.25) is 0 Å². The van der Waals surface area contributed by atoms with Gasteiger partial charge in [0.25, 0.3) is 0 Å². The molecule has 0 spiro atoms. The molecular weight excluding hydrogens is 410 g/mol. The zero-order chi connectivity index (χ0) is 22.3. The van der Waals surface area contributed by atoms with E-state index in [9.17, 15) is 4.79 Å². The molecule has 0 atom stereocenters. The predicted octanol–water partition coefficient (Wildman–Crippen LogP) is 3.07. The van der Waals surface area contributed by atoms with Gasteiger partial charge in [0.05, 0.1) is 13.7 Å². The zero-order valence-corrected chi connectivity index (χ0v) is 18.3. The highest BCUT2D eigenvalue weighted by Crippen LogP contribution is 2.32. The number of nitrogens with zero attached hydrogens (tertiary/aromatic N) is 4. The van der Waals surface area contributed by atoms with E-state index in [0.717, 1.165) is 24.0 Å². The van der Waals surface area contributed by atoms with E-state index in [0.29, 0.717) is 49.6 Å². The van der Waals surface area contributed by atoms with Crippen molar-refractivity contribution in [2.24, 2.45) is 5.92 Å². The average molecular weight is 438 g/mol. The van der Waals surface area contributed by atoms with Crippen molar-refractivity contribution in [3.05, 3.63) is 48.3 Å². The zero-order valence-electron chi connectivity index (χ0n) is 18.3. The molecule has 168 valence electrons. The van der Waals surface area contributed by atoms with Crippen molar-refractivity contribution in [2.75, 3.05) is 31.7 Å². The number of hydrogen-bond donors (Lipinski definition) is 1. The highest BCUT2D eigenvalue weighted by molar-refractivity contribution is 5.78. The number of nitrogens with one attached hydrogen (secondary N) is 1. The second-order valence-electron chi connectivity index (χ2n) is 7.54. The summed E-state index contributed by atoms with van der Waals surface area (Å²) < 4.78 is 16.5. The summed E-state index contributed by atoms with van der Waals surface area (Å²) in [6, 6.07) is 9.82. The molecule has 1 aliphatic heterocycles. The van der Waals surface area contributed by atoms with E-state index in [-0.39, 0.29) is 11.8 Å². The number of methoxy groups -OCH3 is 1. The van der Waals surface area contributed by atoms with Gasteiger partial charge in [0, 0.05) is 43.5 Å². The third-order valence-corrected chi connectivity index (χ3v) is 5.46. The smallest absolute Gasteiger partial charge is 0.324 e. The van der Waals surface area contributed by atoms with E-state index in [1.807, 2.05) is 42.2 Å². The van der Waals surface area contributed by atoms with Crippen molar-refractivity contribution in [1.82, 2.24) is 20.4 Å². The first-order valence-corrected chi connectivity index (χ1v) is 10.7. The summed E-state index contributed by atoms with van der Waals surface area (Å²) in [6.45, 7) is 4.33. The summed E-state index contributed by atoms with van der Waals surface area (Å²) in [5.74, 6) is 1.82. The first kappa shape index (κ1) is 21.6. The predicted molar refractivity (Wildman–Crippen MR) is 118 cm³/mol. The molecule has 0 bridgehead atoms. The Bertz CT molecular complexity index is 1030. The molecule has 1 N–H and O–H groups in total. The molecule has 9 heteroatoms. The molecule has 0 aliphatic carbocycles. The monoisotopic (exact) mass is 437 g/mol. The standard InChI is InChI=1S/C23H27N5O4/c1-3-31-19-7-6-18(13-20(19)30-2)21-26-23(32-27-21)28-11-8-17(9-12-28)22(29)25-15-16-5-4-10-24-14-16/h4-7,10,13-14,17H,3,8-9,11-12,15H2,1-2H3,(H,25,29). The fraction of sp³-hybridized carbons (Fsp3) is 0.391. The maximum atomic E-state index is 12.5. The summed E-state index contributed by atoms with van der Waals surface area (Å²) in [4.78, 5) is 23.2. The first-order valence-electron chi connectivity index (χ1n) is 10.7. The molecular formula is C23H27N5O4. The Morgan fingerprint density at radius 1 is 1.25 bits per heavy atom. The number of carbonyl (C=O) groups is 1. The molecule has 1 fully saturated rings. The van der Waals surface area contributed by atoms with Crippen molar-refractivity contribution in [3.63, 3.8) is 0 Å². The van der Waals surface area contributed by atoms with Gasteiger partial charge < -0.3 is 24.2 Å². The molecule has 1 saturated heterocycles. The van der Waals surface area contributed by atoms with Crippen LogP contribution in [-0.4, -0.2) is 47.8 Å². The third kappa shape index (κ3) is 4.99. The minimum absolute atomic E-state index is 0.0271. The van der Waals surface area contributed by atoms with Crippen LogP contribution in [0.4, 0.5) is 6.01 Å². The maximum absolute atomic E-state index is 12.5. The lowest BCUT2D eigenvalue weighted by Gasteiger charge is -2.29. The van der Waals surface area contributed by atoms with Crippen LogP contribution in [0, 0.1) is 5.92 Å². The summed E-state index contributed by atoms with van der Waals surface area (Å²) in [5.41, 5.74) is 1.77. The van der Waals surface area contributed by atoms with Gasteiger partial charge in [-0.25, -0.2) is 0 Å². The Morgan fingerprint density at radius 2 is 2.09 bits per heavy atom. The topological polar surface area (TPSA) is 103 Å². The lowest BCUT2D eigenvalue weighted by molar-refractivity contribution is -0.125. The van der Waals surface area contributed by atoms with Crippen LogP contribution in [0.5, 0.6) is 11.5 Å². The molecule has 0 saturated carbocycles. The largest absolute Gasteiger partial charge is 0.493 e. The molecule has 3 heterocycles. The van der Waals surface area contributed by atoms with Gasteiger partial charge in [-0.1, -0.05) is 11.2 Å². The number of benzene rings is 1. The van der Waals surface area contributed by atoms with Gasteiger partial charge in [0.15, 0.2) is 11.5 Å². The van der Waals surface area contributed by atoms with Crippen LogP contribution in [0.15, 0.2) is 47.2 Å². The SMILES string of the molecule is CCOc1ccc(-c2noc(N3CCC(C(=O)NCc4cccnc4)CC3)n2)cc1OC. The van der Waals surface area contributed by atoms with Crippen molar-refractivity contribution < 1.29 is 18.8 Å². The van der Waals surface area contributed by atoms with Gasteiger partial charge in [-0.2, -0.15) is 4.98 Å². The Kier molecular flexibility index (Phi) is 6.84. The number of aromatic nitrogens is 3. The summed E-state index contributed by atoms with van der Waals surface area (Å²) in [7, 11) is 1.60. The Morgan fingerprint density at radius 3 is 2.81 bits per heavy atom. The third-order valence-electron chi connectivity index (χ3n) is 5.46. The first-order chi connectivity index (χ1) is 15.7. The van der Waals surface area contributed by atoms with Crippen LogP contribution >= 0.6 is 0 Å². The molecule has 32 heavy (non-hydrogen) atoms. The molecule has 1 aliphatic rings. The highest BCUT2D eigenvalue weighted by Gasteiger charge is 2.27. The molecule has 9 nitrogen and oxygen atoms in total. The molecule has 3 aromatic rings. The average Bonchev–Trinajstić information content (AvgIpc) is 3.34. The highest BCUT2D eigenvalue weighted by atomic mass is 16.5. The van der Waals surface area contributed by atoms with Gasteiger partial charge >= 0.3 is 6.01 Å². The summed E-state index contributed by atoms with van der Waals surface area (Å²) >= 11 is 0. The normalized spacial score (nSPS) is 14.2. The number of piperidine rings is 1. The van der Waals surface area contributed by atoms with Crippen LogP contribution in [0.25, 0.3) is 11.4 Å². The lowest BCUT2D eigenvalue weighted by atomic mass is 9.96. The molecule has 2 aromatic heterocycles. The Hall–Kier alpha value is -3.62. The van der Waals surface area contributed by atoms with Crippen molar-refractivity contribution in [2.45, 2.75) is 26.3 Å². The van der Waals surface area contributed by atoms with Gasteiger partial charge in [0.1, 0.15) is 0 Å². The second kappa shape index (κ2) is 10.1. The van der Waals surface area contributed by atoms with Gasteiger partial charge in [-0.15, -0.1) is 0 Å². The van der Waals surface area contributed by atoms with E-state index in [4.69, 9.17) is 14.0 Å². The Labute approximate surface area is 186 Å². The van der Waals surface area contributed by atoms with E-state index in [1.165, 1.54) is 0 Å². The lowest BCUT2D eigenvalue weighted by Crippen LogP contribution is -2.40. The van der Waals surface area contributed by atoms with Crippen LogP contribution in [0.1, 0.15) is 25.3 Å². The Balaban J connectivity index is 1.33. The number of anilines is 1. The van der Waals surface area contributed by atoms with Gasteiger partial charge in [-0.05, 0) is 49.6 Å². The fourth-order valence-corrected chi connectivity index (χ4v) is 3.71. The number of hydrogen-bond acceptors (Lipinski definition) is 8. The number of amides is 1. The van der Waals surface area contributed by atoms with Crippen LogP contribution < -0.4 is 19.7 Å². The quantitative estimate of drug-likeness (QED) is 0.574. The van der Waals surface area contributed by atoms with Gasteiger partial charge in [0.2, 0.25) is 11.7 Å². The van der Waals surface area contributed by atoms with Crippen LogP contribution in [-0.2, 0) is 11.3 Å². The maximum Gasteiger partial charge on any atom is 0.324 e. The second-order valence-corrected chi connectivity index (χ2v) is 7.54. The van der Waals surface area contributed by atoms with Crippen LogP contribution in [0.3, 0.4) is 0 Å². The van der Waals surface area contributed by atoms with Crippen molar-refractivity contribution in [1.29, 1.82) is 0 Å². The fourth-order valence-electron chi connectivity index (χ4n) is 3.71. The minimum atomic E-state index is -0.0271. The van der Waals surface area contributed by atoms with E-state index in [1.54, 1.807) is 19.5 Å². The molecule has 0 unspecified atom stereocenters. The van der Waals surface area contributed by atoms with Crippen molar-refractivity contribution >= 4 is 11.9 Å². The minimum Gasteiger partial charge on any atom is -0.493 e. The van der Waals surface area contributed by atoms with Crippen molar-refractivity contribution in [3.8, 4) is 22.9 Å². The van der Waals surface area contributed by atoms with E-state index >= 15 is 0 Å². The molecule has 1 amide bonds. The molecule has 4 rings (SSSR count). The van der Waals surface area contributed by atoms with E-state index < -0.39 is 0 Å². The molecule has 0 radical (unpaired) electrons. The number of carbonyl (C=O) groups excluding carboxylic acids is 1. The summed E-state index contributed by atoms with van der Waals surface area (Å²) in [6.07, 6.45) is 4.94. The number of rotatable bonds is 8. The van der Waals surface area contributed by atoms with E-state index in [2.05, 4.69) is 20.4 Å². The summed E-state index contributed by atoms with van der Waals surface area (Å²) in [5, 5.41) is 7.12. The number of ether oxygens (including phenoxy) is 2. The number of pyridine rings is 1.